The number of anilines is 1. The van der Waals surface area contributed by atoms with E-state index >= 15 is 0 Å². The molecule has 0 saturated heterocycles. The van der Waals surface area contributed by atoms with E-state index in [-0.39, 0.29) is 12.5 Å². The van der Waals surface area contributed by atoms with Crippen LogP contribution in [0.2, 0.25) is 0 Å². The van der Waals surface area contributed by atoms with Gasteiger partial charge in [0.2, 0.25) is 0 Å². The van der Waals surface area contributed by atoms with Crippen molar-refractivity contribution in [2.24, 2.45) is 0 Å². The van der Waals surface area contributed by atoms with Crippen molar-refractivity contribution < 1.29 is 19.1 Å². The van der Waals surface area contributed by atoms with Crippen molar-refractivity contribution in [2.75, 3.05) is 11.4 Å². The molecule has 0 aliphatic heterocycles. The topological polar surface area (TPSA) is 64.6 Å². The van der Waals surface area contributed by atoms with E-state index in [0.29, 0.717) is 5.69 Å². The first-order valence-electron chi connectivity index (χ1n) is 6.11. The summed E-state index contributed by atoms with van der Waals surface area (Å²) in [5.41, 5.74) is 0.818. The van der Waals surface area contributed by atoms with Crippen molar-refractivity contribution in [1.29, 1.82) is 0 Å². The summed E-state index contributed by atoms with van der Waals surface area (Å²) in [6.45, 7) is 5.37. The van der Waals surface area contributed by atoms with Gasteiger partial charge in [0.15, 0.2) is 6.07 Å². The zero-order valence-corrected chi connectivity index (χ0v) is 12.5. The quantitative estimate of drug-likeness (QED) is 0.684. The number of nitrogens with one attached hydrogen (secondary N) is 1. The van der Waals surface area contributed by atoms with Gasteiger partial charge in [0, 0.05) is 5.69 Å². The van der Waals surface area contributed by atoms with Gasteiger partial charge in [-0.1, -0.05) is 23.7 Å². The van der Waals surface area contributed by atoms with Gasteiger partial charge >= 0.3 is 12.1 Å². The number of carbonyl (C=O) groups excluding carboxylic acids is 2. The molecule has 5 nitrogen and oxygen atoms in total. The third kappa shape index (κ3) is 6.43. The largest absolute Gasteiger partial charge is 0.449 e. The molecule has 1 aromatic carbocycles. The smallest absolute Gasteiger partial charge is 0.412 e. The molecule has 1 amide bonds. The first kappa shape index (κ1) is 16.3. The molecule has 0 spiro atoms. The molecule has 0 aliphatic rings. The fraction of sp³-hybridized carbons (Fsp3) is 0.429. The molecule has 20 heavy (non-hydrogen) atoms. The predicted molar refractivity (Wildman–Crippen MR) is 76.8 cm³/mol. The van der Waals surface area contributed by atoms with Gasteiger partial charge in [-0.3, -0.25) is 10.1 Å². The van der Waals surface area contributed by atoms with Gasteiger partial charge in [-0.2, -0.15) is 0 Å². The standard InChI is InChI=1S/C14H18ClNO4/c1-14(2,3)20-13(18)16-11-6-4-10(5-7-11)8-12(17)19-9-15/h4-7H,8-9H2,1-3H3,(H,16,18). The minimum Gasteiger partial charge on any atom is -0.449 e. The number of ether oxygens (including phenoxy) is 2. The Morgan fingerprint density at radius 2 is 1.80 bits per heavy atom. The molecule has 6 heteroatoms. The fourth-order valence-corrected chi connectivity index (χ4v) is 1.53. The Balaban J connectivity index is 2.54. The number of benzene rings is 1. The summed E-state index contributed by atoms with van der Waals surface area (Å²) in [6.07, 6.45) is -0.383. The highest BCUT2D eigenvalue weighted by atomic mass is 35.5. The minimum atomic E-state index is -0.546. The van der Waals surface area contributed by atoms with Gasteiger partial charge in [0.1, 0.15) is 5.60 Å². The second-order valence-electron chi connectivity index (χ2n) is 5.13. The van der Waals surface area contributed by atoms with Crippen molar-refractivity contribution in [3.8, 4) is 0 Å². The van der Waals surface area contributed by atoms with Crippen LogP contribution in [0.1, 0.15) is 26.3 Å². The van der Waals surface area contributed by atoms with Crippen LogP contribution in [-0.4, -0.2) is 23.7 Å². The molecule has 0 unspecified atom stereocenters. The molecule has 1 rings (SSSR count). The normalized spacial score (nSPS) is 10.8. The molecular weight excluding hydrogens is 282 g/mol. The van der Waals surface area contributed by atoms with Crippen LogP contribution in [0.5, 0.6) is 0 Å². The minimum absolute atomic E-state index is 0.138. The Labute approximate surface area is 123 Å². The fourth-order valence-electron chi connectivity index (χ4n) is 1.41. The van der Waals surface area contributed by atoms with E-state index in [4.69, 9.17) is 16.3 Å². The molecule has 0 aliphatic carbocycles. The molecule has 0 bridgehead atoms. The lowest BCUT2D eigenvalue weighted by Crippen LogP contribution is -2.27. The Morgan fingerprint density at radius 1 is 1.20 bits per heavy atom. The van der Waals surface area contributed by atoms with Crippen LogP contribution < -0.4 is 5.32 Å². The Hall–Kier alpha value is -1.75. The maximum absolute atomic E-state index is 11.6. The van der Waals surface area contributed by atoms with Crippen LogP contribution >= 0.6 is 11.6 Å². The third-order valence-corrected chi connectivity index (χ3v) is 2.27. The number of rotatable bonds is 4. The van der Waals surface area contributed by atoms with E-state index in [1.165, 1.54) is 0 Å². The van der Waals surface area contributed by atoms with Gasteiger partial charge in [-0.15, -0.1) is 0 Å². The summed E-state index contributed by atoms with van der Waals surface area (Å²) >= 11 is 5.29. The summed E-state index contributed by atoms with van der Waals surface area (Å²) < 4.78 is 9.76. The van der Waals surface area contributed by atoms with E-state index in [0.717, 1.165) is 5.56 Å². The van der Waals surface area contributed by atoms with Crippen molar-refractivity contribution in [2.45, 2.75) is 32.8 Å². The lowest BCUT2D eigenvalue weighted by Gasteiger charge is -2.19. The van der Waals surface area contributed by atoms with Crippen LogP contribution in [0.15, 0.2) is 24.3 Å². The second kappa shape index (κ2) is 7.14. The molecule has 110 valence electrons. The lowest BCUT2D eigenvalue weighted by molar-refractivity contribution is -0.140. The monoisotopic (exact) mass is 299 g/mol. The predicted octanol–water partition coefficient (Wildman–Crippen LogP) is 3.32. The van der Waals surface area contributed by atoms with E-state index in [1.807, 2.05) is 0 Å². The Kier molecular flexibility index (Phi) is 5.82. The molecule has 0 aromatic heterocycles. The second-order valence-corrected chi connectivity index (χ2v) is 5.34. The Morgan fingerprint density at radius 3 is 2.30 bits per heavy atom. The molecule has 0 radical (unpaired) electrons. The summed E-state index contributed by atoms with van der Waals surface area (Å²) in [5.74, 6) is -0.396. The Bertz CT molecular complexity index is 465. The van der Waals surface area contributed by atoms with Crippen molar-refractivity contribution in [3.05, 3.63) is 29.8 Å². The third-order valence-electron chi connectivity index (χ3n) is 2.16. The molecular formula is C14H18ClNO4. The number of hydrogen-bond acceptors (Lipinski definition) is 4. The summed E-state index contributed by atoms with van der Waals surface area (Å²) in [5, 5.41) is 2.61. The van der Waals surface area contributed by atoms with Crippen molar-refractivity contribution in [3.63, 3.8) is 0 Å². The highest BCUT2D eigenvalue weighted by molar-refractivity contribution is 6.17. The van der Waals surface area contributed by atoms with Gasteiger partial charge in [0.05, 0.1) is 6.42 Å². The summed E-state index contributed by atoms with van der Waals surface area (Å²) in [4.78, 5) is 22.8. The number of alkyl halides is 1. The maximum Gasteiger partial charge on any atom is 0.412 e. The SMILES string of the molecule is CC(C)(C)OC(=O)Nc1ccc(CC(=O)OCCl)cc1. The molecule has 0 heterocycles. The van der Waals surface area contributed by atoms with Crippen LogP contribution in [0.4, 0.5) is 10.5 Å². The highest BCUT2D eigenvalue weighted by Crippen LogP contribution is 2.13. The zero-order chi connectivity index (χ0) is 15.2. The number of esters is 1. The van der Waals surface area contributed by atoms with E-state index in [2.05, 4.69) is 10.1 Å². The van der Waals surface area contributed by atoms with E-state index in [1.54, 1.807) is 45.0 Å². The molecule has 0 saturated carbocycles. The maximum atomic E-state index is 11.6. The number of halogens is 1. The molecule has 0 atom stereocenters. The number of hydrogen-bond donors (Lipinski definition) is 1. The first-order chi connectivity index (χ1) is 9.30. The van der Waals surface area contributed by atoms with Crippen LogP contribution in [0, 0.1) is 0 Å². The molecule has 1 N–H and O–H groups in total. The zero-order valence-electron chi connectivity index (χ0n) is 11.7. The van der Waals surface area contributed by atoms with Gasteiger partial charge in [-0.25, -0.2) is 4.79 Å². The number of carbonyl (C=O) groups is 2. The van der Waals surface area contributed by atoms with Crippen LogP contribution in [0.25, 0.3) is 0 Å². The molecule has 0 fully saturated rings. The average Bonchev–Trinajstić information content (AvgIpc) is 2.29. The highest BCUT2D eigenvalue weighted by Gasteiger charge is 2.16. The van der Waals surface area contributed by atoms with Crippen molar-refractivity contribution >= 4 is 29.4 Å². The van der Waals surface area contributed by atoms with Gasteiger partial charge in [0.25, 0.3) is 0 Å². The van der Waals surface area contributed by atoms with E-state index in [9.17, 15) is 9.59 Å². The van der Waals surface area contributed by atoms with Crippen LogP contribution in [-0.2, 0) is 20.7 Å². The lowest BCUT2D eigenvalue weighted by atomic mass is 10.1. The van der Waals surface area contributed by atoms with E-state index < -0.39 is 17.7 Å². The number of amides is 1. The molecule has 1 aromatic rings. The first-order valence-corrected chi connectivity index (χ1v) is 6.64. The average molecular weight is 300 g/mol. The van der Waals surface area contributed by atoms with Crippen LogP contribution in [0.3, 0.4) is 0 Å². The van der Waals surface area contributed by atoms with Gasteiger partial charge < -0.3 is 9.47 Å². The van der Waals surface area contributed by atoms with Gasteiger partial charge in [-0.05, 0) is 38.5 Å². The van der Waals surface area contributed by atoms with Crippen molar-refractivity contribution in [1.82, 2.24) is 0 Å². The summed E-state index contributed by atoms with van der Waals surface area (Å²) in [7, 11) is 0. The summed E-state index contributed by atoms with van der Waals surface area (Å²) in [6, 6.07) is 6.67.